The van der Waals surface area contributed by atoms with Crippen molar-refractivity contribution in [2.75, 3.05) is 45.8 Å². The minimum atomic E-state index is -0.695. The molecule has 0 saturated carbocycles. The monoisotopic (exact) mass is 329 g/mol. The Morgan fingerprint density at radius 1 is 1.08 bits per heavy atom. The standard InChI is InChI=1S/C20H31N3O/c1-18(2,3)21-13-20(24)17-11-22-9-10-23(12-17)15-19(20,14-22)16-7-5-4-6-8-16/h4-8,17,21,24H,9-15H2,1-3H3/t17?,19?,20-/m0/s1. The molecule has 4 nitrogen and oxygen atoms in total. The van der Waals surface area contributed by atoms with Gasteiger partial charge in [-0.2, -0.15) is 0 Å². The van der Waals surface area contributed by atoms with Gasteiger partial charge in [0.05, 0.1) is 11.0 Å². The van der Waals surface area contributed by atoms with Crippen LogP contribution in [-0.4, -0.2) is 71.9 Å². The van der Waals surface area contributed by atoms with E-state index >= 15 is 0 Å². The Balaban J connectivity index is 1.78. The van der Waals surface area contributed by atoms with E-state index < -0.39 is 5.60 Å². The molecule has 132 valence electrons. The molecule has 1 aromatic carbocycles. The average molecular weight is 329 g/mol. The summed E-state index contributed by atoms with van der Waals surface area (Å²) in [5, 5.41) is 15.7. The molecule has 2 N–H and O–H groups in total. The summed E-state index contributed by atoms with van der Waals surface area (Å²) < 4.78 is 0. The molecule has 4 aliphatic heterocycles. The molecule has 0 aromatic heterocycles. The van der Waals surface area contributed by atoms with Gasteiger partial charge in [-0.25, -0.2) is 0 Å². The lowest BCUT2D eigenvalue weighted by Crippen LogP contribution is -2.76. The highest BCUT2D eigenvalue weighted by atomic mass is 16.3. The van der Waals surface area contributed by atoms with E-state index in [1.807, 2.05) is 0 Å². The first kappa shape index (κ1) is 16.5. The van der Waals surface area contributed by atoms with Crippen LogP contribution in [0, 0.1) is 5.92 Å². The van der Waals surface area contributed by atoms with Crippen LogP contribution in [0.3, 0.4) is 0 Å². The maximum Gasteiger partial charge on any atom is 0.0944 e. The molecule has 4 bridgehead atoms. The van der Waals surface area contributed by atoms with Crippen molar-refractivity contribution in [2.24, 2.45) is 5.92 Å². The summed E-state index contributed by atoms with van der Waals surface area (Å²) in [7, 11) is 0. The van der Waals surface area contributed by atoms with E-state index in [-0.39, 0.29) is 11.0 Å². The zero-order chi connectivity index (χ0) is 17.0. The number of hydrogen-bond acceptors (Lipinski definition) is 4. The van der Waals surface area contributed by atoms with Crippen molar-refractivity contribution in [3.8, 4) is 0 Å². The van der Waals surface area contributed by atoms with E-state index in [0.717, 1.165) is 39.3 Å². The summed E-state index contributed by atoms with van der Waals surface area (Å²) in [5.41, 5.74) is 0.409. The zero-order valence-corrected chi connectivity index (χ0v) is 15.3. The molecule has 5 rings (SSSR count). The number of piperidine rings is 2. The highest BCUT2D eigenvalue weighted by Crippen LogP contribution is 2.49. The number of β-amino-alcohol motifs (C(OH)–C–C–N with tert-alkyl or cyclic N) is 1. The lowest BCUT2D eigenvalue weighted by Gasteiger charge is -2.61. The van der Waals surface area contributed by atoms with E-state index in [2.05, 4.69) is 66.2 Å². The largest absolute Gasteiger partial charge is 0.387 e. The van der Waals surface area contributed by atoms with Gasteiger partial charge in [-0.15, -0.1) is 0 Å². The second-order valence-electron chi connectivity index (χ2n) is 9.14. The maximum atomic E-state index is 12.1. The second-order valence-corrected chi connectivity index (χ2v) is 9.14. The van der Waals surface area contributed by atoms with Crippen LogP contribution in [0.25, 0.3) is 0 Å². The van der Waals surface area contributed by atoms with Crippen molar-refractivity contribution in [2.45, 2.75) is 37.3 Å². The minimum absolute atomic E-state index is 0.0128. The number of fused-ring (bicyclic) bond motifs is 1. The minimum Gasteiger partial charge on any atom is -0.387 e. The molecule has 3 atom stereocenters. The highest BCUT2D eigenvalue weighted by molar-refractivity contribution is 5.36. The molecule has 24 heavy (non-hydrogen) atoms. The molecule has 1 aromatic rings. The van der Waals surface area contributed by atoms with Crippen LogP contribution in [-0.2, 0) is 5.41 Å². The Labute approximate surface area is 145 Å². The molecule has 0 aliphatic carbocycles. The fourth-order valence-corrected chi connectivity index (χ4v) is 5.12. The third-order valence-electron chi connectivity index (χ3n) is 6.40. The number of benzene rings is 1. The third-order valence-corrected chi connectivity index (χ3v) is 6.40. The topological polar surface area (TPSA) is 38.7 Å². The van der Waals surface area contributed by atoms with Gasteiger partial charge in [0.2, 0.25) is 0 Å². The van der Waals surface area contributed by atoms with Crippen LogP contribution >= 0.6 is 0 Å². The Morgan fingerprint density at radius 2 is 1.67 bits per heavy atom. The van der Waals surface area contributed by atoms with Crippen LogP contribution < -0.4 is 5.32 Å². The lowest BCUT2D eigenvalue weighted by molar-refractivity contribution is -0.160. The van der Waals surface area contributed by atoms with Gasteiger partial charge in [0.15, 0.2) is 0 Å². The smallest absolute Gasteiger partial charge is 0.0944 e. The molecule has 0 amide bonds. The predicted octanol–water partition coefficient (Wildman–Crippen LogP) is 1.30. The van der Waals surface area contributed by atoms with E-state index in [1.165, 1.54) is 5.56 Å². The van der Waals surface area contributed by atoms with Gasteiger partial charge >= 0.3 is 0 Å². The Bertz CT molecular complexity index is 581. The molecular formula is C20H31N3O. The molecule has 4 heterocycles. The summed E-state index contributed by atoms with van der Waals surface area (Å²) in [5.74, 6) is 0.303. The van der Waals surface area contributed by atoms with Gasteiger partial charge in [-0.3, -0.25) is 0 Å². The highest BCUT2D eigenvalue weighted by Gasteiger charge is 2.63. The summed E-state index contributed by atoms with van der Waals surface area (Å²) in [4.78, 5) is 5.16. The van der Waals surface area contributed by atoms with Crippen LogP contribution in [0.1, 0.15) is 26.3 Å². The van der Waals surface area contributed by atoms with E-state index in [9.17, 15) is 5.11 Å². The molecule has 4 aliphatic rings. The van der Waals surface area contributed by atoms with Crippen molar-refractivity contribution in [3.05, 3.63) is 35.9 Å². The van der Waals surface area contributed by atoms with Gasteiger partial charge in [0.1, 0.15) is 0 Å². The molecule has 4 saturated heterocycles. The van der Waals surface area contributed by atoms with Crippen molar-refractivity contribution < 1.29 is 5.11 Å². The molecule has 4 heteroatoms. The summed E-state index contributed by atoms with van der Waals surface area (Å²) in [6, 6.07) is 10.7. The fourth-order valence-electron chi connectivity index (χ4n) is 5.12. The predicted molar refractivity (Wildman–Crippen MR) is 97.2 cm³/mol. The quantitative estimate of drug-likeness (QED) is 0.877. The van der Waals surface area contributed by atoms with E-state index in [1.54, 1.807) is 0 Å². The molecule has 0 radical (unpaired) electrons. The van der Waals surface area contributed by atoms with Crippen LogP contribution in [0.2, 0.25) is 0 Å². The SMILES string of the molecule is CC(C)(C)NC[C@]1(O)C2CN3CCN(C2)CC1(c1ccccc1)C3. The Morgan fingerprint density at radius 3 is 2.21 bits per heavy atom. The molecule has 2 unspecified atom stereocenters. The zero-order valence-electron chi connectivity index (χ0n) is 15.3. The third kappa shape index (κ3) is 2.51. The summed E-state index contributed by atoms with van der Waals surface area (Å²) in [6.07, 6.45) is 0. The van der Waals surface area contributed by atoms with Crippen molar-refractivity contribution >= 4 is 0 Å². The molecule has 4 fully saturated rings. The molecule has 0 spiro atoms. The number of nitrogens with one attached hydrogen (secondary N) is 1. The maximum absolute atomic E-state index is 12.1. The normalized spacial score (nSPS) is 41.4. The van der Waals surface area contributed by atoms with Crippen molar-refractivity contribution in [1.82, 2.24) is 15.1 Å². The Kier molecular flexibility index (Phi) is 3.81. The number of hydrogen-bond donors (Lipinski definition) is 2. The number of aliphatic hydroxyl groups is 1. The van der Waals surface area contributed by atoms with Crippen molar-refractivity contribution in [3.63, 3.8) is 0 Å². The van der Waals surface area contributed by atoms with Crippen molar-refractivity contribution in [1.29, 1.82) is 0 Å². The average Bonchev–Trinajstić information content (AvgIpc) is 2.80. The molecular weight excluding hydrogens is 298 g/mol. The van der Waals surface area contributed by atoms with Gasteiger partial charge in [-0.1, -0.05) is 30.3 Å². The van der Waals surface area contributed by atoms with Gasteiger partial charge < -0.3 is 20.2 Å². The summed E-state index contributed by atoms with van der Waals surface area (Å²) in [6.45, 7) is 13.4. The first-order valence-corrected chi connectivity index (χ1v) is 9.30. The number of nitrogens with zero attached hydrogens (tertiary/aromatic N) is 2. The van der Waals surface area contributed by atoms with Crippen LogP contribution in [0.5, 0.6) is 0 Å². The summed E-state index contributed by atoms with van der Waals surface area (Å²) >= 11 is 0. The van der Waals surface area contributed by atoms with E-state index in [4.69, 9.17) is 0 Å². The van der Waals surface area contributed by atoms with Crippen LogP contribution in [0.4, 0.5) is 0 Å². The van der Waals surface area contributed by atoms with E-state index in [0.29, 0.717) is 12.5 Å². The van der Waals surface area contributed by atoms with Crippen LogP contribution in [0.15, 0.2) is 30.3 Å². The van der Waals surface area contributed by atoms with Gasteiger partial charge in [0.25, 0.3) is 0 Å². The van der Waals surface area contributed by atoms with Gasteiger partial charge in [0, 0.05) is 57.3 Å². The lowest BCUT2D eigenvalue weighted by atomic mass is 9.57. The Hall–Kier alpha value is -0.940. The number of rotatable bonds is 3. The fraction of sp³-hybridized carbons (Fsp3) is 0.700. The second kappa shape index (κ2) is 5.53. The first-order valence-electron chi connectivity index (χ1n) is 9.30. The van der Waals surface area contributed by atoms with Gasteiger partial charge in [-0.05, 0) is 26.3 Å². The first-order chi connectivity index (χ1) is 11.3.